The fourth-order valence-corrected chi connectivity index (χ4v) is 0.762. The van der Waals surface area contributed by atoms with Gasteiger partial charge in [0, 0.05) is 5.56 Å². The van der Waals surface area contributed by atoms with E-state index in [0.29, 0.717) is 0 Å². The molecule has 0 aliphatic carbocycles. The van der Waals surface area contributed by atoms with Crippen LogP contribution in [-0.4, -0.2) is 5.16 Å². The van der Waals surface area contributed by atoms with Crippen LogP contribution >= 0.6 is 0 Å². The molecule has 0 saturated carbocycles. The lowest BCUT2D eigenvalue weighted by Crippen LogP contribution is -1.73. The molecule has 0 aliphatic rings. The molecule has 1 rings (SSSR count). The van der Waals surface area contributed by atoms with Crippen LogP contribution in [0.4, 0.5) is 0 Å². The van der Waals surface area contributed by atoms with E-state index < -0.39 is 0 Å². The largest absolute Gasteiger partial charge is 0.364 e. The Balaban J connectivity index is 2.84. The van der Waals surface area contributed by atoms with E-state index in [0.717, 1.165) is 17.7 Å². The molecule has 0 fully saturated rings. The van der Waals surface area contributed by atoms with E-state index in [1.54, 1.807) is 12.3 Å². The Labute approximate surface area is 66.2 Å². The van der Waals surface area contributed by atoms with Gasteiger partial charge in [0.25, 0.3) is 0 Å². The van der Waals surface area contributed by atoms with Crippen molar-refractivity contribution in [3.8, 4) is 0 Å². The molecule has 2 heteroatoms. The molecule has 1 aromatic heterocycles. The van der Waals surface area contributed by atoms with E-state index in [4.69, 9.17) is 4.52 Å². The second-order valence-corrected chi connectivity index (χ2v) is 2.17. The summed E-state index contributed by atoms with van der Waals surface area (Å²) >= 11 is 0. The maximum atomic E-state index is 4.76. The van der Waals surface area contributed by atoms with Crippen LogP contribution in [0.5, 0.6) is 0 Å². The molecule has 11 heavy (non-hydrogen) atoms. The van der Waals surface area contributed by atoms with Crippen molar-refractivity contribution in [1.29, 1.82) is 0 Å². The van der Waals surface area contributed by atoms with Crippen molar-refractivity contribution in [2.45, 2.75) is 13.3 Å². The number of aromatic nitrogens is 1. The highest BCUT2D eigenvalue weighted by Gasteiger charge is 1.97. The van der Waals surface area contributed by atoms with E-state index in [-0.39, 0.29) is 0 Å². The Morgan fingerprint density at radius 1 is 1.73 bits per heavy atom. The van der Waals surface area contributed by atoms with Crippen molar-refractivity contribution in [3.05, 3.63) is 30.2 Å². The van der Waals surface area contributed by atoms with Crippen LogP contribution in [0, 0.1) is 0 Å². The summed E-state index contributed by atoms with van der Waals surface area (Å²) in [7, 11) is 0. The predicted molar refractivity (Wildman–Crippen MR) is 45.9 cm³/mol. The van der Waals surface area contributed by atoms with Gasteiger partial charge in [-0.15, -0.1) is 0 Å². The monoisotopic (exact) mass is 149 g/mol. The summed E-state index contributed by atoms with van der Waals surface area (Å²) in [5.41, 5.74) is 1.79. The highest BCUT2D eigenvalue weighted by Crippen LogP contribution is 2.09. The van der Waals surface area contributed by atoms with Crippen LogP contribution in [0.25, 0.3) is 12.2 Å². The zero-order chi connectivity index (χ0) is 8.10. The van der Waals surface area contributed by atoms with Crippen molar-refractivity contribution in [3.63, 3.8) is 0 Å². The van der Waals surface area contributed by atoms with E-state index in [9.17, 15) is 0 Å². The van der Waals surface area contributed by atoms with Crippen molar-refractivity contribution in [1.82, 2.24) is 5.16 Å². The minimum atomic E-state index is 0.849. The van der Waals surface area contributed by atoms with Gasteiger partial charge in [-0.3, -0.25) is 0 Å². The molecule has 0 aromatic carbocycles. The van der Waals surface area contributed by atoms with Crippen molar-refractivity contribution in [2.75, 3.05) is 0 Å². The minimum Gasteiger partial charge on any atom is -0.364 e. The number of nitrogens with zero attached hydrogens (tertiary/aromatic N) is 1. The molecule has 1 heterocycles. The Bertz CT molecular complexity index is 260. The van der Waals surface area contributed by atoms with E-state index in [1.807, 2.05) is 12.2 Å². The van der Waals surface area contributed by atoms with Gasteiger partial charge in [-0.2, -0.15) is 0 Å². The highest BCUT2D eigenvalue weighted by molar-refractivity contribution is 5.59. The van der Waals surface area contributed by atoms with Gasteiger partial charge in [0.2, 0.25) is 0 Å². The summed E-state index contributed by atoms with van der Waals surface area (Å²) in [6.45, 7) is 5.71. The Morgan fingerprint density at radius 3 is 3.18 bits per heavy atom. The number of hydrogen-bond donors (Lipinski definition) is 0. The first kappa shape index (κ1) is 7.79. The Hall–Kier alpha value is -1.31. The van der Waals surface area contributed by atoms with Crippen LogP contribution < -0.4 is 0 Å². The highest BCUT2D eigenvalue weighted by atomic mass is 16.5. The minimum absolute atomic E-state index is 0.849. The first-order valence-electron chi connectivity index (χ1n) is 3.61. The van der Waals surface area contributed by atoms with Gasteiger partial charge >= 0.3 is 0 Å². The zero-order valence-electron chi connectivity index (χ0n) is 6.58. The van der Waals surface area contributed by atoms with Crippen LogP contribution in [0.15, 0.2) is 23.4 Å². The summed E-state index contributed by atoms with van der Waals surface area (Å²) < 4.78 is 4.76. The number of rotatable bonds is 3. The average molecular weight is 149 g/mol. The molecule has 0 radical (unpaired) electrons. The van der Waals surface area contributed by atoms with Crippen molar-refractivity contribution in [2.24, 2.45) is 0 Å². The van der Waals surface area contributed by atoms with Gasteiger partial charge in [0.15, 0.2) is 0 Å². The molecule has 0 atom stereocenters. The molecule has 0 N–H and O–H groups in total. The number of allylic oxidation sites excluding steroid dienone is 1. The molecular formula is C9H11NO. The SMILES string of the molecule is C=Cc1conc1C=CCC. The second kappa shape index (κ2) is 3.76. The van der Waals surface area contributed by atoms with Crippen molar-refractivity contribution >= 4 is 12.2 Å². The van der Waals surface area contributed by atoms with Gasteiger partial charge in [-0.1, -0.05) is 30.8 Å². The maximum absolute atomic E-state index is 4.76. The first-order valence-corrected chi connectivity index (χ1v) is 3.61. The molecule has 2 nitrogen and oxygen atoms in total. The van der Waals surface area contributed by atoms with Crippen LogP contribution in [0.3, 0.4) is 0 Å². The van der Waals surface area contributed by atoms with Gasteiger partial charge in [-0.05, 0) is 12.5 Å². The fraction of sp³-hybridized carbons (Fsp3) is 0.222. The average Bonchev–Trinajstić information content (AvgIpc) is 2.47. The molecule has 0 unspecified atom stereocenters. The third kappa shape index (κ3) is 1.80. The molecule has 0 aliphatic heterocycles. The summed E-state index contributed by atoms with van der Waals surface area (Å²) in [6, 6.07) is 0. The smallest absolute Gasteiger partial charge is 0.131 e. The fourth-order valence-electron chi connectivity index (χ4n) is 0.762. The van der Waals surface area contributed by atoms with E-state index in [2.05, 4.69) is 18.7 Å². The molecule has 0 saturated heterocycles. The lowest BCUT2D eigenvalue weighted by Gasteiger charge is -1.83. The summed E-state index contributed by atoms with van der Waals surface area (Å²) in [6.07, 6.45) is 8.28. The van der Waals surface area contributed by atoms with Crippen LogP contribution in [0.2, 0.25) is 0 Å². The van der Waals surface area contributed by atoms with Gasteiger partial charge in [-0.25, -0.2) is 0 Å². The Morgan fingerprint density at radius 2 is 2.55 bits per heavy atom. The van der Waals surface area contributed by atoms with Crippen LogP contribution in [-0.2, 0) is 0 Å². The first-order chi connectivity index (χ1) is 5.38. The van der Waals surface area contributed by atoms with Gasteiger partial charge in [0.05, 0.1) is 0 Å². The van der Waals surface area contributed by atoms with Crippen LogP contribution in [0.1, 0.15) is 24.6 Å². The maximum Gasteiger partial charge on any atom is 0.131 e. The third-order valence-electron chi connectivity index (χ3n) is 1.36. The van der Waals surface area contributed by atoms with Gasteiger partial charge < -0.3 is 4.52 Å². The summed E-state index contributed by atoms with van der Waals surface area (Å²) in [5, 5.41) is 3.79. The second-order valence-electron chi connectivity index (χ2n) is 2.17. The molecule has 58 valence electrons. The quantitative estimate of drug-likeness (QED) is 0.660. The van der Waals surface area contributed by atoms with Gasteiger partial charge in [0.1, 0.15) is 12.0 Å². The number of hydrogen-bond acceptors (Lipinski definition) is 2. The van der Waals surface area contributed by atoms with Crippen molar-refractivity contribution < 1.29 is 4.52 Å². The Kier molecular flexibility index (Phi) is 2.66. The lowest BCUT2D eigenvalue weighted by atomic mass is 10.2. The predicted octanol–water partition coefficient (Wildman–Crippen LogP) is 2.74. The normalized spacial score (nSPS) is 10.6. The lowest BCUT2D eigenvalue weighted by molar-refractivity contribution is 0.418. The zero-order valence-corrected chi connectivity index (χ0v) is 6.58. The standard InChI is InChI=1S/C9H11NO/c1-3-5-6-9-8(4-2)7-11-10-9/h4-7H,2-3H2,1H3. The van der Waals surface area contributed by atoms with E-state index >= 15 is 0 Å². The molecular weight excluding hydrogens is 138 g/mol. The summed E-state index contributed by atoms with van der Waals surface area (Å²) in [4.78, 5) is 0. The molecule has 0 amide bonds. The molecule has 1 aromatic rings. The van der Waals surface area contributed by atoms with E-state index in [1.165, 1.54) is 0 Å². The summed E-state index contributed by atoms with van der Waals surface area (Å²) in [5.74, 6) is 0. The molecule has 0 spiro atoms. The topological polar surface area (TPSA) is 26.0 Å². The third-order valence-corrected chi connectivity index (χ3v) is 1.36. The molecule has 0 bridgehead atoms.